The predicted molar refractivity (Wildman–Crippen MR) is 60.6 cm³/mol. The van der Waals surface area contributed by atoms with Gasteiger partial charge in [0.1, 0.15) is 0 Å². The molecule has 0 radical (unpaired) electrons. The molecule has 0 spiro atoms. The Balaban J connectivity index is 2.46. The van der Waals surface area contributed by atoms with Gasteiger partial charge in [-0.2, -0.15) is 15.0 Å². The van der Waals surface area contributed by atoms with Gasteiger partial charge in [-0.25, -0.2) is 5.84 Å². The molecule has 0 aliphatic carbocycles. The monoisotopic (exact) mass is 244 g/mol. The number of hydrogen-bond acceptors (Lipinski definition) is 9. The highest BCUT2D eigenvalue weighted by atomic mass is 16.5. The van der Waals surface area contributed by atoms with Crippen molar-refractivity contribution in [2.45, 2.75) is 0 Å². The Kier molecular flexibility index (Phi) is 5.93. The first-order chi connectivity index (χ1) is 8.30. The number of rotatable bonds is 8. The first kappa shape index (κ1) is 13.4. The maximum Gasteiger partial charge on any atom is 0.322 e. The average Bonchev–Trinajstić information content (AvgIpc) is 2.38. The molecule has 0 fully saturated rings. The fourth-order valence-corrected chi connectivity index (χ4v) is 0.993. The van der Waals surface area contributed by atoms with Gasteiger partial charge >= 0.3 is 6.01 Å². The zero-order chi connectivity index (χ0) is 12.5. The highest BCUT2D eigenvalue weighted by Gasteiger charge is 2.04. The molecule has 1 rings (SSSR count). The van der Waals surface area contributed by atoms with Gasteiger partial charge in [0.25, 0.3) is 0 Å². The summed E-state index contributed by atoms with van der Waals surface area (Å²) in [6.07, 6.45) is 0. The van der Waals surface area contributed by atoms with Crippen LogP contribution in [0.1, 0.15) is 0 Å². The Bertz CT molecular complexity index is 315. The zero-order valence-corrected chi connectivity index (χ0v) is 9.51. The van der Waals surface area contributed by atoms with Crippen molar-refractivity contribution < 1.29 is 14.6 Å². The number of hydrazine groups is 1. The molecule has 0 aromatic carbocycles. The number of ether oxygens (including phenoxy) is 2. The number of nitrogens with zero attached hydrogens (tertiary/aromatic N) is 3. The predicted octanol–water partition coefficient (Wildman–Crippen LogP) is -1.41. The normalized spacial score (nSPS) is 10.1. The standard InChI is InChI=1S/C8H16N6O3/c1-16-8-12-6(11-7(13-8)14-9)10-2-4-17-5-3-15/h15H,2-5,9H2,1H3,(H2,10,11,12,13,14). The molecule has 9 heteroatoms. The summed E-state index contributed by atoms with van der Waals surface area (Å²) < 4.78 is 9.94. The smallest absolute Gasteiger partial charge is 0.322 e. The molecule has 96 valence electrons. The minimum absolute atomic E-state index is 0.000815. The molecule has 0 bridgehead atoms. The van der Waals surface area contributed by atoms with Gasteiger partial charge in [-0.1, -0.05) is 0 Å². The number of anilines is 2. The van der Waals surface area contributed by atoms with Gasteiger partial charge in [0.2, 0.25) is 11.9 Å². The molecule has 0 saturated carbocycles. The fourth-order valence-electron chi connectivity index (χ4n) is 0.993. The molecule has 1 aromatic rings. The lowest BCUT2D eigenvalue weighted by molar-refractivity contribution is 0.0991. The lowest BCUT2D eigenvalue weighted by Crippen LogP contribution is -2.16. The van der Waals surface area contributed by atoms with Crippen molar-refractivity contribution in [3.63, 3.8) is 0 Å². The molecule has 0 atom stereocenters. The molecule has 0 amide bonds. The van der Waals surface area contributed by atoms with Gasteiger partial charge < -0.3 is 19.9 Å². The van der Waals surface area contributed by atoms with E-state index in [4.69, 9.17) is 20.4 Å². The van der Waals surface area contributed by atoms with E-state index < -0.39 is 0 Å². The summed E-state index contributed by atoms with van der Waals surface area (Å²) in [6.45, 7) is 1.23. The number of methoxy groups -OCH3 is 1. The van der Waals surface area contributed by atoms with Crippen LogP contribution in [0.15, 0.2) is 0 Å². The van der Waals surface area contributed by atoms with Crippen LogP contribution in [0.3, 0.4) is 0 Å². The second kappa shape index (κ2) is 7.54. The number of nitrogens with two attached hydrogens (primary N) is 1. The van der Waals surface area contributed by atoms with E-state index in [-0.39, 0.29) is 18.6 Å². The van der Waals surface area contributed by atoms with E-state index in [1.807, 2.05) is 0 Å². The summed E-state index contributed by atoms with van der Waals surface area (Å²) in [5.74, 6) is 5.73. The van der Waals surface area contributed by atoms with Crippen LogP contribution in [0.4, 0.5) is 11.9 Å². The quantitative estimate of drug-likeness (QED) is 0.247. The molecule has 1 aromatic heterocycles. The summed E-state index contributed by atoms with van der Waals surface area (Å²) in [6, 6.07) is 0.159. The minimum atomic E-state index is 0.000815. The molecular weight excluding hydrogens is 228 g/mol. The number of nitrogens with one attached hydrogen (secondary N) is 2. The molecular formula is C8H16N6O3. The second-order valence-electron chi connectivity index (χ2n) is 2.88. The number of nitrogen functional groups attached to an aromatic ring is 1. The van der Waals surface area contributed by atoms with Crippen molar-refractivity contribution in [3.8, 4) is 6.01 Å². The van der Waals surface area contributed by atoms with Gasteiger partial charge in [0.15, 0.2) is 0 Å². The highest BCUT2D eigenvalue weighted by Crippen LogP contribution is 2.09. The van der Waals surface area contributed by atoms with E-state index in [9.17, 15) is 0 Å². The van der Waals surface area contributed by atoms with E-state index in [0.717, 1.165) is 0 Å². The van der Waals surface area contributed by atoms with Crippen molar-refractivity contribution in [3.05, 3.63) is 0 Å². The summed E-state index contributed by atoms with van der Waals surface area (Å²) >= 11 is 0. The SMILES string of the molecule is COc1nc(NN)nc(NCCOCCO)n1. The van der Waals surface area contributed by atoms with Crippen molar-refractivity contribution in [2.75, 3.05) is 44.2 Å². The second-order valence-corrected chi connectivity index (χ2v) is 2.88. The van der Waals surface area contributed by atoms with Gasteiger partial charge in [-0.05, 0) is 0 Å². The number of aromatic nitrogens is 3. The van der Waals surface area contributed by atoms with Gasteiger partial charge in [0.05, 0.1) is 26.9 Å². The highest BCUT2D eigenvalue weighted by molar-refractivity contribution is 5.34. The Morgan fingerprint density at radius 1 is 1.24 bits per heavy atom. The minimum Gasteiger partial charge on any atom is -0.467 e. The molecule has 0 unspecified atom stereocenters. The Labute approximate surface area is 98.3 Å². The Morgan fingerprint density at radius 3 is 2.65 bits per heavy atom. The summed E-state index contributed by atoms with van der Waals surface area (Å²) in [5, 5.41) is 11.4. The maximum atomic E-state index is 8.50. The van der Waals surface area contributed by atoms with E-state index in [0.29, 0.717) is 25.7 Å². The summed E-state index contributed by atoms with van der Waals surface area (Å²) in [5.41, 5.74) is 2.31. The van der Waals surface area contributed by atoms with Crippen molar-refractivity contribution in [1.29, 1.82) is 0 Å². The third kappa shape index (κ3) is 4.76. The van der Waals surface area contributed by atoms with Crippen LogP contribution in [-0.4, -0.2) is 53.5 Å². The fraction of sp³-hybridized carbons (Fsp3) is 0.625. The average molecular weight is 244 g/mol. The molecule has 5 N–H and O–H groups in total. The molecule has 0 aliphatic heterocycles. The van der Waals surface area contributed by atoms with Gasteiger partial charge in [-0.15, -0.1) is 0 Å². The van der Waals surface area contributed by atoms with E-state index >= 15 is 0 Å². The first-order valence-electron chi connectivity index (χ1n) is 4.99. The molecule has 0 saturated heterocycles. The third-order valence-corrected chi connectivity index (χ3v) is 1.69. The van der Waals surface area contributed by atoms with E-state index in [1.165, 1.54) is 7.11 Å². The summed E-state index contributed by atoms with van der Waals surface area (Å²) in [4.78, 5) is 11.8. The number of aliphatic hydroxyl groups excluding tert-OH is 1. The van der Waals surface area contributed by atoms with Gasteiger partial charge in [-0.3, -0.25) is 5.43 Å². The van der Waals surface area contributed by atoms with Crippen molar-refractivity contribution in [1.82, 2.24) is 15.0 Å². The van der Waals surface area contributed by atoms with Crippen LogP contribution >= 0.6 is 0 Å². The van der Waals surface area contributed by atoms with E-state index in [1.54, 1.807) is 0 Å². The Hall–Kier alpha value is -1.71. The lowest BCUT2D eigenvalue weighted by Gasteiger charge is -2.07. The molecule has 0 aliphatic rings. The maximum absolute atomic E-state index is 8.50. The van der Waals surface area contributed by atoms with Crippen molar-refractivity contribution in [2.24, 2.45) is 5.84 Å². The van der Waals surface area contributed by atoms with Crippen LogP contribution in [-0.2, 0) is 4.74 Å². The van der Waals surface area contributed by atoms with Crippen LogP contribution in [0.25, 0.3) is 0 Å². The zero-order valence-electron chi connectivity index (χ0n) is 9.51. The third-order valence-electron chi connectivity index (χ3n) is 1.69. The number of hydrogen-bond donors (Lipinski definition) is 4. The van der Waals surface area contributed by atoms with Crippen molar-refractivity contribution >= 4 is 11.9 Å². The van der Waals surface area contributed by atoms with Gasteiger partial charge in [0, 0.05) is 6.54 Å². The first-order valence-corrected chi connectivity index (χ1v) is 4.99. The molecule has 17 heavy (non-hydrogen) atoms. The largest absolute Gasteiger partial charge is 0.467 e. The number of aliphatic hydroxyl groups is 1. The van der Waals surface area contributed by atoms with Crippen LogP contribution in [0, 0.1) is 0 Å². The molecule has 1 heterocycles. The Morgan fingerprint density at radius 2 is 2.00 bits per heavy atom. The topological polar surface area (TPSA) is 127 Å². The van der Waals surface area contributed by atoms with E-state index in [2.05, 4.69) is 25.7 Å². The summed E-state index contributed by atoms with van der Waals surface area (Å²) in [7, 11) is 1.45. The van der Waals surface area contributed by atoms with Crippen LogP contribution in [0.2, 0.25) is 0 Å². The van der Waals surface area contributed by atoms with Crippen LogP contribution in [0.5, 0.6) is 6.01 Å². The molecule has 9 nitrogen and oxygen atoms in total. The lowest BCUT2D eigenvalue weighted by atomic mass is 10.6. The van der Waals surface area contributed by atoms with Crippen LogP contribution < -0.4 is 21.3 Å².